The average Bonchev–Trinajstić information content (AvgIpc) is 2.70. The summed E-state index contributed by atoms with van der Waals surface area (Å²) in [6.07, 6.45) is 0.278. The zero-order valence-electron chi connectivity index (χ0n) is 9.40. The molecule has 0 radical (unpaired) electrons. The van der Waals surface area contributed by atoms with Gasteiger partial charge in [0.1, 0.15) is 11.9 Å². The second-order valence-electron chi connectivity index (χ2n) is 3.76. The number of carbonyl (C=O) groups excluding carboxylic acids is 1. The van der Waals surface area contributed by atoms with E-state index in [1.165, 1.54) is 0 Å². The molecule has 4 heteroatoms. The molecule has 1 aliphatic heterocycles. The van der Waals surface area contributed by atoms with E-state index in [1.807, 2.05) is 31.2 Å². The van der Waals surface area contributed by atoms with Gasteiger partial charge in [-0.25, -0.2) is 4.79 Å². The van der Waals surface area contributed by atoms with Crippen LogP contribution in [-0.2, 0) is 4.74 Å². The normalized spacial score (nSPS) is 23.8. The van der Waals surface area contributed by atoms with Crippen LogP contribution in [0, 0.1) is 0 Å². The third kappa shape index (κ3) is 1.96. The molecule has 1 aromatic rings. The minimum atomic E-state index is -0.348. The first-order valence-electron chi connectivity index (χ1n) is 5.35. The Morgan fingerprint density at radius 2 is 2.31 bits per heavy atom. The Morgan fingerprint density at radius 3 is 3.00 bits per heavy atom. The highest BCUT2D eigenvalue weighted by atomic mass is 16.6. The van der Waals surface area contributed by atoms with E-state index in [4.69, 9.17) is 9.47 Å². The Labute approximate surface area is 94.6 Å². The molecule has 1 heterocycles. The molecular weight excluding hydrogens is 206 g/mol. The molecule has 0 aromatic heterocycles. The molecule has 1 aliphatic rings. The second-order valence-corrected chi connectivity index (χ2v) is 3.76. The third-order valence-corrected chi connectivity index (χ3v) is 2.76. The van der Waals surface area contributed by atoms with Gasteiger partial charge in [0.05, 0.1) is 13.2 Å². The lowest BCUT2D eigenvalue weighted by atomic mass is 10.0. The van der Waals surface area contributed by atoms with Crippen LogP contribution in [0.2, 0.25) is 0 Å². The summed E-state index contributed by atoms with van der Waals surface area (Å²) in [5, 5.41) is 2.79. The minimum Gasteiger partial charge on any atom is -0.497 e. The Bertz CT molecular complexity index is 392. The highest BCUT2D eigenvalue weighted by Gasteiger charge is 2.33. The van der Waals surface area contributed by atoms with Crippen molar-refractivity contribution in [1.29, 1.82) is 0 Å². The first-order chi connectivity index (χ1) is 7.74. The Kier molecular flexibility index (Phi) is 2.99. The number of hydrogen-bond donors (Lipinski definition) is 1. The fraction of sp³-hybridized carbons (Fsp3) is 0.417. The number of alkyl carbamates (subject to hydrolysis) is 1. The number of carbonyl (C=O) groups is 1. The number of benzene rings is 1. The zero-order chi connectivity index (χ0) is 11.5. The van der Waals surface area contributed by atoms with Crippen molar-refractivity contribution in [3.8, 4) is 5.75 Å². The van der Waals surface area contributed by atoms with E-state index < -0.39 is 0 Å². The molecule has 2 rings (SSSR count). The van der Waals surface area contributed by atoms with E-state index in [0.29, 0.717) is 0 Å². The minimum absolute atomic E-state index is 0.0413. The summed E-state index contributed by atoms with van der Waals surface area (Å²) in [7, 11) is 1.62. The maximum atomic E-state index is 11.2. The summed E-state index contributed by atoms with van der Waals surface area (Å²) >= 11 is 0. The summed E-state index contributed by atoms with van der Waals surface area (Å²) in [5.74, 6) is 0.773. The van der Waals surface area contributed by atoms with Gasteiger partial charge >= 0.3 is 6.09 Å². The van der Waals surface area contributed by atoms with Crippen molar-refractivity contribution in [2.45, 2.75) is 25.5 Å². The smallest absolute Gasteiger partial charge is 0.408 e. The fourth-order valence-electron chi connectivity index (χ4n) is 1.89. The van der Waals surface area contributed by atoms with Gasteiger partial charge in [-0.05, 0) is 24.1 Å². The molecule has 0 unspecified atom stereocenters. The van der Waals surface area contributed by atoms with Crippen LogP contribution < -0.4 is 10.1 Å². The predicted octanol–water partition coefficient (Wildman–Crippen LogP) is 2.25. The third-order valence-electron chi connectivity index (χ3n) is 2.76. The molecule has 86 valence electrons. The van der Waals surface area contributed by atoms with Crippen LogP contribution in [0.1, 0.15) is 25.0 Å². The summed E-state index contributed by atoms with van der Waals surface area (Å²) in [5.41, 5.74) is 0.963. The van der Waals surface area contributed by atoms with E-state index >= 15 is 0 Å². The topological polar surface area (TPSA) is 47.6 Å². The molecule has 1 N–H and O–H groups in total. The van der Waals surface area contributed by atoms with E-state index in [1.54, 1.807) is 7.11 Å². The zero-order valence-corrected chi connectivity index (χ0v) is 9.40. The number of methoxy groups -OCH3 is 1. The lowest BCUT2D eigenvalue weighted by Gasteiger charge is -2.15. The van der Waals surface area contributed by atoms with Gasteiger partial charge in [0.2, 0.25) is 0 Å². The summed E-state index contributed by atoms with van der Waals surface area (Å²) < 4.78 is 10.4. The van der Waals surface area contributed by atoms with Gasteiger partial charge in [0.15, 0.2) is 0 Å². The summed E-state index contributed by atoms with van der Waals surface area (Å²) in [4.78, 5) is 11.2. The van der Waals surface area contributed by atoms with Crippen molar-refractivity contribution >= 4 is 6.09 Å². The number of hydrogen-bond acceptors (Lipinski definition) is 3. The molecule has 4 nitrogen and oxygen atoms in total. The van der Waals surface area contributed by atoms with Gasteiger partial charge in [-0.2, -0.15) is 0 Å². The van der Waals surface area contributed by atoms with Crippen molar-refractivity contribution < 1.29 is 14.3 Å². The predicted molar refractivity (Wildman–Crippen MR) is 59.4 cm³/mol. The Morgan fingerprint density at radius 1 is 1.50 bits per heavy atom. The van der Waals surface area contributed by atoms with E-state index in [9.17, 15) is 4.79 Å². The molecule has 1 fully saturated rings. The molecule has 1 saturated heterocycles. The Hall–Kier alpha value is -1.71. The summed E-state index contributed by atoms with van der Waals surface area (Å²) in [6.45, 7) is 2.02. The number of nitrogens with one attached hydrogen (secondary N) is 1. The van der Waals surface area contributed by atoms with Gasteiger partial charge in [-0.3, -0.25) is 0 Å². The van der Waals surface area contributed by atoms with Crippen LogP contribution in [0.15, 0.2) is 24.3 Å². The van der Waals surface area contributed by atoms with Crippen molar-refractivity contribution in [2.24, 2.45) is 0 Å². The first-order valence-corrected chi connectivity index (χ1v) is 5.35. The first kappa shape index (κ1) is 10.8. The molecule has 1 aromatic carbocycles. The standard InChI is InChI=1S/C12H15NO3/c1-3-10-11(16-12(14)13-10)8-5-4-6-9(7-8)15-2/h4-7,10-11H,3H2,1-2H3,(H,13,14)/t10-,11-/m0/s1. The van der Waals surface area contributed by atoms with Gasteiger partial charge in [0.25, 0.3) is 0 Å². The van der Waals surface area contributed by atoms with Crippen molar-refractivity contribution in [2.75, 3.05) is 7.11 Å². The number of amides is 1. The van der Waals surface area contributed by atoms with Crippen LogP contribution in [0.4, 0.5) is 4.79 Å². The quantitative estimate of drug-likeness (QED) is 0.851. The SMILES string of the molecule is CC[C@@H]1NC(=O)O[C@H]1c1cccc(OC)c1. The molecule has 2 atom stereocenters. The molecule has 0 spiro atoms. The second kappa shape index (κ2) is 4.43. The van der Waals surface area contributed by atoms with Crippen molar-refractivity contribution in [3.63, 3.8) is 0 Å². The highest BCUT2D eigenvalue weighted by Crippen LogP contribution is 2.29. The summed E-state index contributed by atoms with van der Waals surface area (Å²) in [6, 6.07) is 7.64. The number of ether oxygens (including phenoxy) is 2. The van der Waals surface area contributed by atoms with Crippen LogP contribution in [-0.4, -0.2) is 19.2 Å². The monoisotopic (exact) mass is 221 g/mol. The molecule has 0 aliphatic carbocycles. The van der Waals surface area contributed by atoms with Crippen LogP contribution in [0.3, 0.4) is 0 Å². The molecular formula is C12H15NO3. The maximum absolute atomic E-state index is 11.2. The lowest BCUT2D eigenvalue weighted by molar-refractivity contribution is 0.131. The van der Waals surface area contributed by atoms with Crippen LogP contribution in [0.25, 0.3) is 0 Å². The molecule has 0 saturated carbocycles. The van der Waals surface area contributed by atoms with Gasteiger partial charge in [0, 0.05) is 0 Å². The highest BCUT2D eigenvalue weighted by molar-refractivity contribution is 5.70. The Balaban J connectivity index is 2.25. The van der Waals surface area contributed by atoms with Crippen LogP contribution >= 0.6 is 0 Å². The van der Waals surface area contributed by atoms with E-state index in [2.05, 4.69) is 5.32 Å². The fourth-order valence-corrected chi connectivity index (χ4v) is 1.89. The number of rotatable bonds is 3. The van der Waals surface area contributed by atoms with Crippen molar-refractivity contribution in [3.05, 3.63) is 29.8 Å². The van der Waals surface area contributed by atoms with Crippen molar-refractivity contribution in [1.82, 2.24) is 5.32 Å². The van der Waals surface area contributed by atoms with Gasteiger partial charge < -0.3 is 14.8 Å². The van der Waals surface area contributed by atoms with E-state index in [-0.39, 0.29) is 18.2 Å². The maximum Gasteiger partial charge on any atom is 0.408 e. The largest absolute Gasteiger partial charge is 0.497 e. The molecule has 1 amide bonds. The van der Waals surface area contributed by atoms with Gasteiger partial charge in [-0.1, -0.05) is 19.1 Å². The molecule has 16 heavy (non-hydrogen) atoms. The van der Waals surface area contributed by atoms with E-state index in [0.717, 1.165) is 17.7 Å². The lowest BCUT2D eigenvalue weighted by Crippen LogP contribution is -2.26. The molecule has 0 bridgehead atoms. The number of cyclic esters (lactones) is 1. The average molecular weight is 221 g/mol. The van der Waals surface area contributed by atoms with Gasteiger partial charge in [-0.15, -0.1) is 0 Å². The van der Waals surface area contributed by atoms with Crippen LogP contribution in [0.5, 0.6) is 5.75 Å².